The van der Waals surface area contributed by atoms with Crippen molar-refractivity contribution in [3.63, 3.8) is 0 Å². The fraction of sp³-hybridized carbons (Fsp3) is 1.00. The average Bonchev–Trinajstić information content (AvgIpc) is 2.30. The molecule has 0 saturated heterocycles. The quantitative estimate of drug-likeness (QED) is 0.229. The summed E-state index contributed by atoms with van der Waals surface area (Å²) in [5.41, 5.74) is 2.17. The largest absolute Gasteiger partial charge is 0.368 e. The predicted molar refractivity (Wildman–Crippen MR) is 68.8 cm³/mol. The van der Waals surface area contributed by atoms with Crippen LogP contribution >= 0.6 is 0 Å². The SMILES string of the molecule is ONCCCCCCCCCCCCC(O)O. The van der Waals surface area contributed by atoms with Crippen LogP contribution in [0.25, 0.3) is 0 Å². The Morgan fingerprint density at radius 2 is 1.06 bits per heavy atom. The maximum atomic E-state index is 8.65. The van der Waals surface area contributed by atoms with Crippen molar-refractivity contribution in [3.8, 4) is 0 Å². The first-order valence-corrected chi connectivity index (χ1v) is 7.00. The molecule has 0 amide bonds. The number of hydroxylamine groups is 1. The number of rotatable bonds is 13. The smallest absolute Gasteiger partial charge is 0.151 e. The maximum Gasteiger partial charge on any atom is 0.151 e. The van der Waals surface area contributed by atoms with Crippen molar-refractivity contribution in [2.45, 2.75) is 76.9 Å². The Balaban J connectivity index is 2.89. The summed E-state index contributed by atoms with van der Waals surface area (Å²) in [5, 5.41) is 25.7. The van der Waals surface area contributed by atoms with Crippen LogP contribution in [0.2, 0.25) is 0 Å². The Morgan fingerprint density at radius 3 is 1.47 bits per heavy atom. The molecule has 0 saturated carbocycles. The van der Waals surface area contributed by atoms with E-state index in [1.807, 2.05) is 0 Å². The lowest BCUT2D eigenvalue weighted by Crippen LogP contribution is -2.07. The second-order valence-corrected chi connectivity index (χ2v) is 4.71. The van der Waals surface area contributed by atoms with Gasteiger partial charge in [-0.15, -0.1) is 0 Å². The molecule has 4 nitrogen and oxygen atoms in total. The summed E-state index contributed by atoms with van der Waals surface area (Å²) < 4.78 is 0. The van der Waals surface area contributed by atoms with E-state index in [-0.39, 0.29) is 0 Å². The summed E-state index contributed by atoms with van der Waals surface area (Å²) >= 11 is 0. The van der Waals surface area contributed by atoms with Crippen molar-refractivity contribution in [1.82, 2.24) is 5.48 Å². The van der Waals surface area contributed by atoms with E-state index in [2.05, 4.69) is 5.48 Å². The lowest BCUT2D eigenvalue weighted by atomic mass is 10.1. The van der Waals surface area contributed by atoms with Crippen molar-refractivity contribution in [2.24, 2.45) is 0 Å². The van der Waals surface area contributed by atoms with Gasteiger partial charge in [0.05, 0.1) is 0 Å². The number of aliphatic hydroxyl groups excluding tert-OH is 1. The summed E-state index contributed by atoms with van der Waals surface area (Å²) in [6.07, 6.45) is 11.3. The van der Waals surface area contributed by atoms with Crippen LogP contribution in [0, 0.1) is 0 Å². The number of hydrogen-bond donors (Lipinski definition) is 4. The number of hydrogen-bond acceptors (Lipinski definition) is 4. The molecule has 104 valence electrons. The van der Waals surface area contributed by atoms with Gasteiger partial charge in [0.1, 0.15) is 0 Å². The van der Waals surface area contributed by atoms with Crippen LogP contribution in [0.4, 0.5) is 0 Å². The number of aliphatic hydroxyl groups is 2. The maximum absolute atomic E-state index is 8.65. The molecule has 4 N–H and O–H groups in total. The molecule has 0 atom stereocenters. The highest BCUT2D eigenvalue weighted by molar-refractivity contribution is 4.49. The zero-order chi connectivity index (χ0) is 12.8. The fourth-order valence-electron chi connectivity index (χ4n) is 1.95. The molecule has 0 aliphatic heterocycles. The van der Waals surface area contributed by atoms with Crippen molar-refractivity contribution < 1.29 is 15.4 Å². The van der Waals surface area contributed by atoms with Gasteiger partial charge in [-0.3, -0.25) is 0 Å². The van der Waals surface area contributed by atoms with Crippen molar-refractivity contribution in [2.75, 3.05) is 6.54 Å². The Hall–Kier alpha value is -0.160. The van der Waals surface area contributed by atoms with E-state index in [1.54, 1.807) is 0 Å². The first-order valence-electron chi connectivity index (χ1n) is 7.00. The highest BCUT2D eigenvalue weighted by Crippen LogP contribution is 2.11. The first kappa shape index (κ1) is 16.8. The van der Waals surface area contributed by atoms with Crippen LogP contribution in [-0.4, -0.2) is 28.3 Å². The van der Waals surface area contributed by atoms with E-state index < -0.39 is 6.29 Å². The summed E-state index contributed by atoms with van der Waals surface area (Å²) in [4.78, 5) is 0. The van der Waals surface area contributed by atoms with Gasteiger partial charge in [-0.05, 0) is 19.3 Å². The van der Waals surface area contributed by atoms with E-state index in [1.165, 1.54) is 44.9 Å². The highest BCUT2D eigenvalue weighted by Gasteiger charge is 1.97. The Labute approximate surface area is 105 Å². The zero-order valence-corrected chi connectivity index (χ0v) is 10.9. The summed E-state index contributed by atoms with van der Waals surface area (Å²) in [6.45, 7) is 0.705. The third kappa shape index (κ3) is 15.8. The topological polar surface area (TPSA) is 72.7 Å². The molecule has 0 heterocycles. The van der Waals surface area contributed by atoms with Crippen molar-refractivity contribution in [1.29, 1.82) is 0 Å². The lowest BCUT2D eigenvalue weighted by Gasteiger charge is -2.04. The van der Waals surface area contributed by atoms with Crippen LogP contribution < -0.4 is 5.48 Å². The zero-order valence-electron chi connectivity index (χ0n) is 10.9. The molecule has 17 heavy (non-hydrogen) atoms. The molecule has 0 aromatic rings. The summed E-state index contributed by atoms with van der Waals surface area (Å²) in [6, 6.07) is 0. The van der Waals surface area contributed by atoms with Crippen molar-refractivity contribution >= 4 is 0 Å². The van der Waals surface area contributed by atoms with Gasteiger partial charge >= 0.3 is 0 Å². The van der Waals surface area contributed by atoms with Crippen LogP contribution in [0.15, 0.2) is 0 Å². The van der Waals surface area contributed by atoms with Gasteiger partial charge in [-0.2, -0.15) is 0 Å². The number of unbranched alkanes of at least 4 members (excludes halogenated alkanes) is 9. The van der Waals surface area contributed by atoms with Gasteiger partial charge in [0.2, 0.25) is 0 Å². The van der Waals surface area contributed by atoms with Gasteiger partial charge in [-0.25, -0.2) is 5.48 Å². The fourth-order valence-corrected chi connectivity index (χ4v) is 1.95. The van der Waals surface area contributed by atoms with E-state index in [4.69, 9.17) is 15.4 Å². The minimum atomic E-state index is -1.12. The predicted octanol–water partition coefficient (Wildman–Crippen LogP) is 2.57. The van der Waals surface area contributed by atoms with Crippen LogP contribution in [0.5, 0.6) is 0 Å². The second kappa shape index (κ2) is 13.9. The average molecular weight is 247 g/mol. The van der Waals surface area contributed by atoms with Crippen LogP contribution in [-0.2, 0) is 0 Å². The van der Waals surface area contributed by atoms with Crippen LogP contribution in [0.3, 0.4) is 0 Å². The van der Waals surface area contributed by atoms with E-state index in [9.17, 15) is 0 Å². The minimum absolute atomic E-state index is 0.513. The molecule has 0 aliphatic rings. The van der Waals surface area contributed by atoms with E-state index >= 15 is 0 Å². The molecule has 0 radical (unpaired) electrons. The third-order valence-corrected chi connectivity index (χ3v) is 3.00. The third-order valence-electron chi connectivity index (χ3n) is 3.00. The highest BCUT2D eigenvalue weighted by atomic mass is 16.5. The van der Waals surface area contributed by atoms with Gasteiger partial charge < -0.3 is 15.4 Å². The Kier molecular flexibility index (Phi) is 13.8. The molecule has 0 aromatic heterocycles. The van der Waals surface area contributed by atoms with Gasteiger partial charge in [0, 0.05) is 6.54 Å². The Bertz CT molecular complexity index is 143. The van der Waals surface area contributed by atoms with E-state index in [0.717, 1.165) is 19.3 Å². The second-order valence-electron chi connectivity index (χ2n) is 4.71. The minimum Gasteiger partial charge on any atom is -0.368 e. The monoisotopic (exact) mass is 247 g/mol. The van der Waals surface area contributed by atoms with Gasteiger partial charge in [-0.1, -0.05) is 51.4 Å². The molecule has 0 spiro atoms. The Morgan fingerprint density at radius 1 is 0.647 bits per heavy atom. The lowest BCUT2D eigenvalue weighted by molar-refractivity contribution is -0.0466. The number of nitrogens with one attached hydrogen (secondary N) is 1. The molecule has 0 unspecified atom stereocenters. The van der Waals surface area contributed by atoms with Crippen molar-refractivity contribution in [3.05, 3.63) is 0 Å². The van der Waals surface area contributed by atoms with Gasteiger partial charge in [0.25, 0.3) is 0 Å². The summed E-state index contributed by atoms with van der Waals surface area (Å²) in [7, 11) is 0. The van der Waals surface area contributed by atoms with Gasteiger partial charge in [0.15, 0.2) is 6.29 Å². The molecule has 0 aromatic carbocycles. The molecular formula is C13H29NO3. The standard InChI is InChI=1S/C13H29NO3/c15-13(16)11-9-7-5-3-1-2-4-6-8-10-12-14-17/h13-17H,1-12H2. The molecular weight excluding hydrogens is 218 g/mol. The normalized spacial score (nSPS) is 11.3. The molecule has 4 heteroatoms. The summed E-state index contributed by atoms with van der Waals surface area (Å²) in [5.74, 6) is 0. The van der Waals surface area contributed by atoms with E-state index in [0.29, 0.717) is 13.0 Å². The molecule has 0 fully saturated rings. The molecule has 0 rings (SSSR count). The first-order chi connectivity index (χ1) is 8.27. The molecule has 0 aliphatic carbocycles. The molecule has 0 bridgehead atoms. The van der Waals surface area contributed by atoms with Crippen LogP contribution in [0.1, 0.15) is 70.6 Å².